The number of ether oxygens (including phenoxy) is 1. The molecule has 134 valence electrons. The molecule has 0 saturated heterocycles. The van der Waals surface area contributed by atoms with Crippen LogP contribution in [-0.2, 0) is 11.2 Å². The molecule has 0 heterocycles. The summed E-state index contributed by atoms with van der Waals surface area (Å²) in [5.41, 5.74) is -0.184. The maximum atomic E-state index is 12.7. The van der Waals surface area contributed by atoms with Gasteiger partial charge in [0, 0.05) is 6.54 Å². The number of benzene rings is 1. The van der Waals surface area contributed by atoms with E-state index in [1.807, 2.05) is 24.3 Å². The Balaban J connectivity index is 1.99. The van der Waals surface area contributed by atoms with Crippen molar-refractivity contribution in [2.75, 3.05) is 13.7 Å². The van der Waals surface area contributed by atoms with Crippen LogP contribution in [0.5, 0.6) is 5.75 Å². The Kier molecular flexibility index (Phi) is 6.27. The van der Waals surface area contributed by atoms with E-state index in [0.717, 1.165) is 24.2 Å². The molecule has 1 aromatic carbocycles. The van der Waals surface area contributed by atoms with Crippen molar-refractivity contribution in [2.45, 2.75) is 52.1 Å². The van der Waals surface area contributed by atoms with Gasteiger partial charge in [-0.05, 0) is 48.6 Å². The minimum Gasteiger partial charge on any atom is -0.496 e. The van der Waals surface area contributed by atoms with Crippen molar-refractivity contribution >= 4 is 5.91 Å². The van der Waals surface area contributed by atoms with Crippen molar-refractivity contribution in [1.29, 1.82) is 0 Å². The maximum Gasteiger partial charge on any atom is 0.252 e. The Labute approximate surface area is 145 Å². The van der Waals surface area contributed by atoms with E-state index in [-0.39, 0.29) is 11.8 Å². The highest BCUT2D eigenvalue weighted by Gasteiger charge is 2.48. The molecule has 1 saturated carbocycles. The van der Waals surface area contributed by atoms with Crippen molar-refractivity contribution in [3.05, 3.63) is 29.8 Å². The zero-order valence-corrected chi connectivity index (χ0v) is 15.3. The van der Waals surface area contributed by atoms with E-state index in [9.17, 15) is 9.90 Å². The van der Waals surface area contributed by atoms with Crippen molar-refractivity contribution in [2.24, 2.45) is 17.8 Å². The van der Waals surface area contributed by atoms with Crippen LogP contribution >= 0.6 is 0 Å². The fraction of sp³-hybridized carbons (Fsp3) is 0.650. The van der Waals surface area contributed by atoms with Crippen molar-refractivity contribution in [1.82, 2.24) is 5.32 Å². The summed E-state index contributed by atoms with van der Waals surface area (Å²) in [6.07, 6.45) is 3.24. The summed E-state index contributed by atoms with van der Waals surface area (Å²) >= 11 is 0. The minimum absolute atomic E-state index is 0.0277. The van der Waals surface area contributed by atoms with Gasteiger partial charge in [0.15, 0.2) is 0 Å². The number of aliphatic hydroxyl groups is 1. The first-order valence-corrected chi connectivity index (χ1v) is 9.01. The fourth-order valence-corrected chi connectivity index (χ4v) is 4.01. The average molecular weight is 333 g/mol. The van der Waals surface area contributed by atoms with Gasteiger partial charge in [-0.2, -0.15) is 0 Å². The third-order valence-electron chi connectivity index (χ3n) is 5.31. The van der Waals surface area contributed by atoms with Crippen LogP contribution in [0, 0.1) is 17.8 Å². The maximum absolute atomic E-state index is 12.7. The molecule has 1 aromatic rings. The number of carbonyl (C=O) groups is 1. The zero-order valence-electron chi connectivity index (χ0n) is 15.3. The van der Waals surface area contributed by atoms with E-state index >= 15 is 0 Å². The van der Waals surface area contributed by atoms with Crippen LogP contribution in [0.25, 0.3) is 0 Å². The molecule has 0 radical (unpaired) electrons. The second-order valence-corrected chi connectivity index (χ2v) is 7.48. The highest BCUT2D eigenvalue weighted by molar-refractivity contribution is 5.85. The third kappa shape index (κ3) is 4.10. The van der Waals surface area contributed by atoms with E-state index in [2.05, 4.69) is 26.1 Å². The number of hydrogen-bond acceptors (Lipinski definition) is 3. The van der Waals surface area contributed by atoms with Crippen molar-refractivity contribution in [3.8, 4) is 5.75 Å². The van der Waals surface area contributed by atoms with Gasteiger partial charge in [-0.15, -0.1) is 0 Å². The van der Waals surface area contributed by atoms with E-state index < -0.39 is 5.60 Å². The van der Waals surface area contributed by atoms with Gasteiger partial charge in [0.05, 0.1) is 7.11 Å². The lowest BCUT2D eigenvalue weighted by Gasteiger charge is -2.43. The lowest BCUT2D eigenvalue weighted by molar-refractivity contribution is -0.155. The molecular weight excluding hydrogens is 302 g/mol. The number of carbonyl (C=O) groups excluding carboxylic acids is 1. The smallest absolute Gasteiger partial charge is 0.252 e. The summed E-state index contributed by atoms with van der Waals surface area (Å²) < 4.78 is 5.34. The number of rotatable bonds is 6. The summed E-state index contributed by atoms with van der Waals surface area (Å²) in [5.74, 6) is 1.31. The molecule has 0 unspecified atom stereocenters. The number of amides is 1. The molecule has 2 N–H and O–H groups in total. The van der Waals surface area contributed by atoms with Crippen LogP contribution in [0.3, 0.4) is 0 Å². The second kappa shape index (κ2) is 8.02. The van der Waals surface area contributed by atoms with Gasteiger partial charge in [0.1, 0.15) is 11.4 Å². The van der Waals surface area contributed by atoms with E-state index in [1.54, 1.807) is 7.11 Å². The zero-order chi connectivity index (χ0) is 17.7. The lowest BCUT2D eigenvalue weighted by atomic mass is 9.66. The molecule has 1 aliphatic carbocycles. The molecule has 0 spiro atoms. The highest BCUT2D eigenvalue weighted by Crippen LogP contribution is 2.41. The number of para-hydroxylation sites is 1. The molecule has 4 nitrogen and oxygen atoms in total. The summed E-state index contributed by atoms with van der Waals surface area (Å²) in [5, 5.41) is 14.1. The topological polar surface area (TPSA) is 58.6 Å². The first kappa shape index (κ1) is 18.8. The molecule has 2 rings (SSSR count). The van der Waals surface area contributed by atoms with Gasteiger partial charge in [-0.25, -0.2) is 0 Å². The molecule has 0 aromatic heterocycles. The summed E-state index contributed by atoms with van der Waals surface area (Å²) in [6, 6.07) is 7.81. The van der Waals surface area contributed by atoms with E-state index in [0.29, 0.717) is 31.2 Å². The summed E-state index contributed by atoms with van der Waals surface area (Å²) in [6.45, 7) is 6.80. The second-order valence-electron chi connectivity index (χ2n) is 7.48. The monoisotopic (exact) mass is 333 g/mol. The molecular formula is C20H31NO3. The van der Waals surface area contributed by atoms with Crippen LogP contribution in [0.2, 0.25) is 0 Å². The molecule has 3 atom stereocenters. The Morgan fingerprint density at radius 3 is 2.75 bits per heavy atom. The Hall–Kier alpha value is -1.55. The standard InChI is InChI=1S/C20H31NO3/c1-14(2)17-10-9-15(3)13-20(17,23)19(22)21-12-11-16-7-5-6-8-18(16)24-4/h5-8,14-15,17,23H,9-13H2,1-4H3,(H,21,22)/t15-,17+,20+/m1/s1. The van der Waals surface area contributed by atoms with E-state index in [4.69, 9.17) is 4.74 Å². The van der Waals surface area contributed by atoms with Crippen LogP contribution in [0.1, 0.15) is 45.6 Å². The quantitative estimate of drug-likeness (QED) is 0.840. The van der Waals surface area contributed by atoms with E-state index in [1.165, 1.54) is 0 Å². The molecule has 1 fully saturated rings. The predicted octanol–water partition coefficient (Wildman–Crippen LogP) is 3.18. The number of hydrogen-bond donors (Lipinski definition) is 2. The lowest BCUT2D eigenvalue weighted by Crippen LogP contribution is -2.56. The minimum atomic E-state index is -1.24. The fourth-order valence-electron chi connectivity index (χ4n) is 4.01. The van der Waals surface area contributed by atoms with Crippen LogP contribution in [-0.4, -0.2) is 30.3 Å². The first-order valence-electron chi connectivity index (χ1n) is 9.01. The van der Waals surface area contributed by atoms with Crippen LogP contribution in [0.4, 0.5) is 0 Å². The normalized spacial score (nSPS) is 27.1. The highest BCUT2D eigenvalue weighted by atomic mass is 16.5. The average Bonchev–Trinajstić information content (AvgIpc) is 2.54. The summed E-state index contributed by atoms with van der Waals surface area (Å²) in [4.78, 5) is 12.7. The van der Waals surface area contributed by atoms with Crippen LogP contribution in [0.15, 0.2) is 24.3 Å². The van der Waals surface area contributed by atoms with Crippen LogP contribution < -0.4 is 10.1 Å². The molecule has 24 heavy (non-hydrogen) atoms. The summed E-state index contributed by atoms with van der Waals surface area (Å²) in [7, 11) is 1.65. The largest absolute Gasteiger partial charge is 0.496 e. The van der Waals surface area contributed by atoms with Gasteiger partial charge in [-0.1, -0.05) is 45.4 Å². The number of methoxy groups -OCH3 is 1. The van der Waals surface area contributed by atoms with Gasteiger partial charge in [-0.3, -0.25) is 4.79 Å². The van der Waals surface area contributed by atoms with Crippen molar-refractivity contribution < 1.29 is 14.6 Å². The van der Waals surface area contributed by atoms with Gasteiger partial charge in [0.25, 0.3) is 5.91 Å². The SMILES string of the molecule is COc1ccccc1CCNC(=O)[C@]1(O)C[C@H](C)CC[C@H]1C(C)C. The third-order valence-corrected chi connectivity index (χ3v) is 5.31. The Morgan fingerprint density at radius 2 is 2.08 bits per heavy atom. The molecule has 1 amide bonds. The van der Waals surface area contributed by atoms with Crippen molar-refractivity contribution in [3.63, 3.8) is 0 Å². The number of nitrogens with one attached hydrogen (secondary N) is 1. The molecule has 0 aliphatic heterocycles. The predicted molar refractivity (Wildman–Crippen MR) is 96.0 cm³/mol. The molecule has 4 heteroatoms. The van der Waals surface area contributed by atoms with Gasteiger partial charge in [0.2, 0.25) is 0 Å². The van der Waals surface area contributed by atoms with Gasteiger partial charge >= 0.3 is 0 Å². The first-order chi connectivity index (χ1) is 11.4. The Morgan fingerprint density at radius 1 is 1.38 bits per heavy atom. The Bertz CT molecular complexity index is 558. The van der Waals surface area contributed by atoms with Gasteiger partial charge < -0.3 is 15.2 Å². The molecule has 0 bridgehead atoms. The molecule has 1 aliphatic rings.